The Morgan fingerprint density at radius 2 is 2.10 bits per heavy atom. The molecule has 1 saturated carbocycles. The van der Waals surface area contributed by atoms with Crippen LogP contribution in [0.25, 0.3) is 0 Å². The van der Waals surface area contributed by atoms with Crippen molar-refractivity contribution < 1.29 is 9.84 Å². The van der Waals surface area contributed by atoms with E-state index in [0.717, 1.165) is 25.9 Å². The minimum Gasteiger partial charge on any atom is -0.387 e. The summed E-state index contributed by atoms with van der Waals surface area (Å²) in [6.07, 6.45) is 5.55. The fourth-order valence-electron chi connectivity index (χ4n) is 1.61. The molecular weight excluding hydrogens is 128 g/mol. The predicted molar refractivity (Wildman–Crippen MR) is 37.8 cm³/mol. The van der Waals surface area contributed by atoms with E-state index >= 15 is 0 Å². The number of hydrogen-bond acceptors (Lipinski definition) is 2. The van der Waals surface area contributed by atoms with Gasteiger partial charge in [-0.15, -0.1) is 0 Å². The van der Waals surface area contributed by atoms with E-state index in [2.05, 4.69) is 0 Å². The van der Waals surface area contributed by atoms with Gasteiger partial charge in [0.25, 0.3) is 0 Å². The van der Waals surface area contributed by atoms with Crippen molar-refractivity contribution in [2.75, 3.05) is 6.61 Å². The van der Waals surface area contributed by atoms with Crippen LogP contribution in [-0.2, 0) is 4.74 Å². The zero-order valence-corrected chi connectivity index (χ0v) is 6.18. The first kappa shape index (κ1) is 6.62. The van der Waals surface area contributed by atoms with Crippen LogP contribution in [0, 0.1) is 0 Å². The molecule has 1 atom stereocenters. The molecule has 2 rings (SSSR count). The molecule has 1 unspecified atom stereocenters. The van der Waals surface area contributed by atoms with Gasteiger partial charge in [0.2, 0.25) is 0 Å². The molecule has 0 spiro atoms. The van der Waals surface area contributed by atoms with E-state index in [1.807, 2.05) is 0 Å². The molecule has 1 heterocycles. The van der Waals surface area contributed by atoms with E-state index in [1.165, 1.54) is 12.8 Å². The molecule has 0 aromatic carbocycles. The highest BCUT2D eigenvalue weighted by molar-refractivity contribution is 5.00. The fourth-order valence-corrected chi connectivity index (χ4v) is 1.61. The van der Waals surface area contributed by atoms with Gasteiger partial charge in [-0.2, -0.15) is 0 Å². The maximum Gasteiger partial charge on any atom is 0.0910 e. The Kier molecular flexibility index (Phi) is 1.46. The van der Waals surface area contributed by atoms with Crippen LogP contribution in [0.3, 0.4) is 0 Å². The zero-order chi connectivity index (χ0) is 7.03. The van der Waals surface area contributed by atoms with Gasteiger partial charge in [-0.1, -0.05) is 0 Å². The first-order valence-electron chi connectivity index (χ1n) is 4.15. The van der Waals surface area contributed by atoms with Crippen molar-refractivity contribution in [2.45, 2.75) is 43.8 Å². The van der Waals surface area contributed by atoms with Crippen molar-refractivity contribution in [1.82, 2.24) is 0 Å². The number of rotatable bonds is 1. The Labute approximate surface area is 61.2 Å². The Hall–Kier alpha value is -0.0800. The molecule has 0 radical (unpaired) electrons. The molecular formula is C8H14O2. The minimum atomic E-state index is -0.402. The quantitative estimate of drug-likeness (QED) is 0.593. The average Bonchev–Trinajstić information content (AvgIpc) is 2.72. The van der Waals surface area contributed by atoms with Crippen LogP contribution in [0.15, 0.2) is 0 Å². The topological polar surface area (TPSA) is 29.5 Å². The zero-order valence-electron chi connectivity index (χ0n) is 6.18. The summed E-state index contributed by atoms with van der Waals surface area (Å²) in [5, 5.41) is 9.63. The van der Waals surface area contributed by atoms with E-state index in [9.17, 15) is 5.11 Å². The van der Waals surface area contributed by atoms with Crippen LogP contribution in [0.1, 0.15) is 32.1 Å². The van der Waals surface area contributed by atoms with Gasteiger partial charge < -0.3 is 9.84 Å². The highest BCUT2D eigenvalue weighted by Gasteiger charge is 2.48. The Balaban J connectivity index is 1.91. The maximum atomic E-state index is 9.63. The maximum absolute atomic E-state index is 9.63. The van der Waals surface area contributed by atoms with Gasteiger partial charge in [0.15, 0.2) is 0 Å². The SMILES string of the molecule is OC1(C2CCCCO2)CC1. The van der Waals surface area contributed by atoms with Crippen molar-refractivity contribution in [1.29, 1.82) is 0 Å². The normalized spacial score (nSPS) is 37.5. The molecule has 1 N–H and O–H groups in total. The standard InChI is InChI=1S/C8H14O2/c9-8(4-5-8)7-3-1-2-6-10-7/h7,9H,1-6H2. The van der Waals surface area contributed by atoms with Crippen LogP contribution < -0.4 is 0 Å². The molecule has 0 aromatic heterocycles. The second-order valence-corrected chi connectivity index (χ2v) is 3.46. The van der Waals surface area contributed by atoms with Crippen molar-refractivity contribution in [3.63, 3.8) is 0 Å². The Bertz CT molecular complexity index is 123. The third-order valence-electron chi connectivity index (χ3n) is 2.54. The summed E-state index contributed by atoms with van der Waals surface area (Å²) in [5.41, 5.74) is -0.402. The molecule has 1 saturated heterocycles. The van der Waals surface area contributed by atoms with Crippen LogP contribution >= 0.6 is 0 Å². The van der Waals surface area contributed by atoms with Crippen molar-refractivity contribution >= 4 is 0 Å². The summed E-state index contributed by atoms with van der Waals surface area (Å²) >= 11 is 0. The summed E-state index contributed by atoms with van der Waals surface area (Å²) < 4.78 is 5.45. The lowest BCUT2D eigenvalue weighted by Crippen LogP contribution is -2.33. The van der Waals surface area contributed by atoms with Gasteiger partial charge in [-0.3, -0.25) is 0 Å². The highest BCUT2D eigenvalue weighted by Crippen LogP contribution is 2.42. The number of hydrogen-bond donors (Lipinski definition) is 1. The lowest BCUT2D eigenvalue weighted by atomic mass is 10.0. The summed E-state index contributed by atoms with van der Waals surface area (Å²) in [6, 6.07) is 0. The Morgan fingerprint density at radius 3 is 2.60 bits per heavy atom. The largest absolute Gasteiger partial charge is 0.387 e. The van der Waals surface area contributed by atoms with E-state index in [0.29, 0.717) is 0 Å². The van der Waals surface area contributed by atoms with Crippen LogP contribution in [0.4, 0.5) is 0 Å². The molecule has 0 amide bonds. The van der Waals surface area contributed by atoms with E-state index in [-0.39, 0.29) is 6.10 Å². The lowest BCUT2D eigenvalue weighted by molar-refractivity contribution is -0.0753. The van der Waals surface area contributed by atoms with Crippen LogP contribution in [-0.4, -0.2) is 23.4 Å². The second kappa shape index (κ2) is 2.21. The molecule has 2 aliphatic rings. The molecule has 2 heteroatoms. The van der Waals surface area contributed by atoms with E-state index in [1.54, 1.807) is 0 Å². The van der Waals surface area contributed by atoms with Gasteiger partial charge in [0.1, 0.15) is 0 Å². The summed E-state index contributed by atoms with van der Waals surface area (Å²) in [7, 11) is 0. The number of ether oxygens (including phenoxy) is 1. The molecule has 1 aliphatic carbocycles. The highest BCUT2D eigenvalue weighted by atomic mass is 16.5. The predicted octanol–water partition coefficient (Wildman–Crippen LogP) is 1.08. The molecule has 0 aromatic rings. The lowest BCUT2D eigenvalue weighted by Gasteiger charge is -2.26. The monoisotopic (exact) mass is 142 g/mol. The van der Waals surface area contributed by atoms with E-state index < -0.39 is 5.60 Å². The third kappa shape index (κ3) is 1.06. The first-order chi connectivity index (χ1) is 4.81. The Morgan fingerprint density at radius 1 is 1.30 bits per heavy atom. The van der Waals surface area contributed by atoms with Crippen LogP contribution in [0.5, 0.6) is 0 Å². The minimum absolute atomic E-state index is 0.168. The van der Waals surface area contributed by atoms with Gasteiger partial charge in [-0.25, -0.2) is 0 Å². The summed E-state index contributed by atoms with van der Waals surface area (Å²) in [6.45, 7) is 0.854. The molecule has 2 fully saturated rings. The van der Waals surface area contributed by atoms with E-state index in [4.69, 9.17) is 4.74 Å². The summed E-state index contributed by atoms with van der Waals surface area (Å²) in [5.74, 6) is 0. The van der Waals surface area contributed by atoms with Gasteiger partial charge in [-0.05, 0) is 32.1 Å². The van der Waals surface area contributed by atoms with Crippen molar-refractivity contribution in [3.8, 4) is 0 Å². The summed E-state index contributed by atoms with van der Waals surface area (Å²) in [4.78, 5) is 0. The van der Waals surface area contributed by atoms with Gasteiger partial charge in [0.05, 0.1) is 11.7 Å². The smallest absolute Gasteiger partial charge is 0.0910 e. The molecule has 2 nitrogen and oxygen atoms in total. The number of aliphatic hydroxyl groups is 1. The third-order valence-corrected chi connectivity index (χ3v) is 2.54. The van der Waals surface area contributed by atoms with Crippen LogP contribution in [0.2, 0.25) is 0 Å². The molecule has 0 bridgehead atoms. The fraction of sp³-hybridized carbons (Fsp3) is 1.00. The van der Waals surface area contributed by atoms with Crippen molar-refractivity contribution in [3.05, 3.63) is 0 Å². The van der Waals surface area contributed by atoms with Gasteiger partial charge in [0, 0.05) is 6.61 Å². The molecule has 58 valence electrons. The first-order valence-corrected chi connectivity index (χ1v) is 4.15. The van der Waals surface area contributed by atoms with Gasteiger partial charge >= 0.3 is 0 Å². The van der Waals surface area contributed by atoms with Crippen molar-refractivity contribution in [2.24, 2.45) is 0 Å². The second-order valence-electron chi connectivity index (χ2n) is 3.46. The molecule has 10 heavy (non-hydrogen) atoms. The molecule has 1 aliphatic heterocycles. The average molecular weight is 142 g/mol.